The first-order chi connectivity index (χ1) is 12.8. The molecule has 1 fully saturated rings. The van der Waals surface area contributed by atoms with Gasteiger partial charge in [0.2, 0.25) is 5.91 Å². The van der Waals surface area contributed by atoms with E-state index in [9.17, 15) is 4.79 Å². The van der Waals surface area contributed by atoms with Gasteiger partial charge in [-0.3, -0.25) is 4.79 Å². The number of rotatable bonds is 6. The fraction of sp³-hybridized carbons (Fsp3) is 0.333. The minimum absolute atomic E-state index is 0.0972. The molecule has 0 saturated carbocycles. The number of carbonyl (C=O) groups excluding carboxylic acids is 1. The van der Waals surface area contributed by atoms with E-state index >= 15 is 0 Å². The van der Waals surface area contributed by atoms with Crippen LogP contribution in [0.1, 0.15) is 12.0 Å². The third kappa shape index (κ3) is 3.96. The van der Waals surface area contributed by atoms with Gasteiger partial charge in [-0.25, -0.2) is 0 Å². The largest absolute Gasteiger partial charge is 0.353 e. The zero-order chi connectivity index (χ0) is 17.8. The Kier molecular flexibility index (Phi) is 5.01. The summed E-state index contributed by atoms with van der Waals surface area (Å²) in [6.45, 7) is 1.65. The van der Waals surface area contributed by atoms with Crippen LogP contribution in [0.15, 0.2) is 48.8 Å². The highest BCUT2D eigenvalue weighted by molar-refractivity contribution is 7.99. The minimum Gasteiger partial charge on any atom is -0.353 e. The number of benzene rings is 1. The summed E-state index contributed by atoms with van der Waals surface area (Å²) >= 11 is 1.64. The Hall–Kier alpha value is -2.61. The van der Waals surface area contributed by atoms with Crippen LogP contribution >= 0.6 is 11.8 Å². The van der Waals surface area contributed by atoms with E-state index in [1.807, 2.05) is 30.3 Å². The van der Waals surface area contributed by atoms with Gasteiger partial charge in [-0.05, 0) is 24.1 Å². The molecule has 134 valence electrons. The van der Waals surface area contributed by atoms with Crippen LogP contribution in [0.3, 0.4) is 0 Å². The van der Waals surface area contributed by atoms with Gasteiger partial charge in [0, 0.05) is 24.9 Å². The van der Waals surface area contributed by atoms with Crippen molar-refractivity contribution in [2.24, 2.45) is 0 Å². The molecular formula is C18H20N6OS. The van der Waals surface area contributed by atoms with Crippen molar-refractivity contribution in [2.75, 3.05) is 23.7 Å². The number of nitrogens with one attached hydrogen (secondary N) is 1. The summed E-state index contributed by atoms with van der Waals surface area (Å²) in [6, 6.07) is 14.2. The second kappa shape index (κ2) is 7.74. The maximum Gasteiger partial charge on any atom is 0.230 e. The second-order valence-corrected chi connectivity index (χ2v) is 7.29. The highest BCUT2D eigenvalue weighted by Crippen LogP contribution is 2.18. The molecule has 1 N–H and O–H groups in total. The summed E-state index contributed by atoms with van der Waals surface area (Å²) in [6.07, 6.45) is 2.52. The number of fused-ring (bicyclic) bond motifs is 1. The number of hydrogen-bond acceptors (Lipinski definition) is 6. The van der Waals surface area contributed by atoms with Crippen molar-refractivity contribution in [3.63, 3.8) is 0 Å². The lowest BCUT2D eigenvalue weighted by atomic mass is 10.2. The lowest BCUT2D eigenvalue weighted by Crippen LogP contribution is -2.38. The molecule has 0 unspecified atom stereocenters. The van der Waals surface area contributed by atoms with Crippen LogP contribution in [0.25, 0.3) is 5.65 Å². The Balaban J connectivity index is 1.25. The third-order valence-corrected chi connectivity index (χ3v) is 5.37. The van der Waals surface area contributed by atoms with Crippen molar-refractivity contribution < 1.29 is 4.79 Å². The molecule has 0 radical (unpaired) electrons. The topological polar surface area (TPSA) is 75.4 Å². The maximum absolute atomic E-state index is 12.2. The fourth-order valence-electron chi connectivity index (χ4n) is 3.08. The van der Waals surface area contributed by atoms with Crippen molar-refractivity contribution in [1.29, 1.82) is 0 Å². The summed E-state index contributed by atoms with van der Waals surface area (Å²) in [4.78, 5) is 14.4. The van der Waals surface area contributed by atoms with Gasteiger partial charge in [0.25, 0.3) is 0 Å². The average Bonchev–Trinajstić information content (AvgIpc) is 3.31. The van der Waals surface area contributed by atoms with E-state index in [4.69, 9.17) is 0 Å². The first-order valence-electron chi connectivity index (χ1n) is 8.61. The molecule has 26 heavy (non-hydrogen) atoms. The highest BCUT2D eigenvalue weighted by Gasteiger charge is 2.25. The lowest BCUT2D eigenvalue weighted by molar-refractivity contribution is -0.119. The van der Waals surface area contributed by atoms with E-state index in [-0.39, 0.29) is 11.9 Å². The van der Waals surface area contributed by atoms with Crippen molar-refractivity contribution in [2.45, 2.75) is 18.2 Å². The fourth-order valence-corrected chi connectivity index (χ4v) is 3.88. The van der Waals surface area contributed by atoms with Crippen molar-refractivity contribution in [3.8, 4) is 0 Å². The molecule has 3 aromatic rings. The molecule has 4 rings (SSSR count). The number of nitrogens with zero attached hydrogens (tertiary/aromatic N) is 5. The lowest BCUT2D eigenvalue weighted by Gasteiger charge is -2.17. The first kappa shape index (κ1) is 16.8. The summed E-state index contributed by atoms with van der Waals surface area (Å²) in [5.41, 5.74) is 1.97. The monoisotopic (exact) mass is 368 g/mol. The molecular weight excluding hydrogens is 348 g/mol. The summed E-state index contributed by atoms with van der Waals surface area (Å²) in [7, 11) is 0. The number of anilines is 1. The Morgan fingerprint density at radius 2 is 2.12 bits per heavy atom. The SMILES string of the molecule is O=C(CSCc1ccccc1)N[C@@H]1CCN(c2ccc3nncn3n2)C1. The zero-order valence-corrected chi connectivity index (χ0v) is 15.1. The van der Waals surface area contributed by atoms with Crippen LogP contribution in [0, 0.1) is 0 Å². The molecule has 1 saturated heterocycles. The predicted molar refractivity (Wildman–Crippen MR) is 102 cm³/mol. The smallest absolute Gasteiger partial charge is 0.230 e. The van der Waals surface area contributed by atoms with E-state index < -0.39 is 0 Å². The summed E-state index contributed by atoms with van der Waals surface area (Å²) < 4.78 is 1.67. The van der Waals surface area contributed by atoms with Crippen LogP contribution in [0.4, 0.5) is 5.82 Å². The van der Waals surface area contributed by atoms with Gasteiger partial charge in [-0.15, -0.1) is 27.1 Å². The van der Waals surface area contributed by atoms with Crippen molar-refractivity contribution in [1.82, 2.24) is 25.1 Å². The van der Waals surface area contributed by atoms with Gasteiger partial charge in [0.15, 0.2) is 5.65 Å². The molecule has 1 amide bonds. The summed E-state index contributed by atoms with van der Waals surface area (Å²) in [5, 5.41) is 15.5. The quantitative estimate of drug-likeness (QED) is 0.714. The minimum atomic E-state index is 0.0972. The Labute approximate surface area is 155 Å². The second-order valence-electron chi connectivity index (χ2n) is 6.30. The van der Waals surface area contributed by atoms with Crippen LogP contribution in [0.2, 0.25) is 0 Å². The third-order valence-electron chi connectivity index (χ3n) is 4.37. The van der Waals surface area contributed by atoms with Crippen LogP contribution in [-0.4, -0.2) is 50.6 Å². The van der Waals surface area contributed by atoms with Crippen LogP contribution in [0.5, 0.6) is 0 Å². The highest BCUT2D eigenvalue weighted by atomic mass is 32.2. The average molecular weight is 368 g/mol. The number of amides is 1. The molecule has 1 aliphatic rings. The van der Waals surface area contributed by atoms with Crippen LogP contribution in [-0.2, 0) is 10.5 Å². The predicted octanol–water partition coefficient (Wildman–Crippen LogP) is 1.75. The zero-order valence-electron chi connectivity index (χ0n) is 14.3. The number of thioether (sulfide) groups is 1. The molecule has 1 aliphatic heterocycles. The number of hydrogen-bond donors (Lipinski definition) is 1. The molecule has 8 heteroatoms. The molecule has 1 atom stereocenters. The Morgan fingerprint density at radius 3 is 3.00 bits per heavy atom. The number of aromatic nitrogens is 4. The molecule has 0 spiro atoms. The summed E-state index contributed by atoms with van der Waals surface area (Å²) in [5.74, 6) is 2.32. The molecule has 2 aromatic heterocycles. The van der Waals surface area contributed by atoms with E-state index in [0.717, 1.165) is 36.7 Å². The van der Waals surface area contributed by atoms with Gasteiger partial charge < -0.3 is 10.2 Å². The van der Waals surface area contributed by atoms with Crippen molar-refractivity contribution in [3.05, 3.63) is 54.4 Å². The molecule has 0 aliphatic carbocycles. The maximum atomic E-state index is 12.2. The Morgan fingerprint density at radius 1 is 1.23 bits per heavy atom. The number of carbonyl (C=O) groups is 1. The molecule has 7 nitrogen and oxygen atoms in total. The van der Waals surface area contributed by atoms with Crippen LogP contribution < -0.4 is 10.2 Å². The normalized spacial score (nSPS) is 16.9. The van der Waals surface area contributed by atoms with E-state index in [2.05, 4.69) is 37.6 Å². The van der Waals surface area contributed by atoms with Gasteiger partial charge in [0.1, 0.15) is 12.1 Å². The van der Waals surface area contributed by atoms with Crippen molar-refractivity contribution >= 4 is 29.1 Å². The van der Waals surface area contributed by atoms with Gasteiger partial charge in [-0.1, -0.05) is 30.3 Å². The van der Waals surface area contributed by atoms with E-state index in [1.54, 1.807) is 22.6 Å². The molecule has 0 bridgehead atoms. The van der Waals surface area contributed by atoms with E-state index in [0.29, 0.717) is 5.75 Å². The van der Waals surface area contributed by atoms with Gasteiger partial charge in [0.05, 0.1) is 5.75 Å². The first-order valence-corrected chi connectivity index (χ1v) is 9.76. The van der Waals surface area contributed by atoms with Gasteiger partial charge >= 0.3 is 0 Å². The van der Waals surface area contributed by atoms with Gasteiger partial charge in [-0.2, -0.15) is 4.52 Å². The molecule has 3 heterocycles. The molecule has 1 aromatic carbocycles. The van der Waals surface area contributed by atoms with E-state index in [1.165, 1.54) is 5.56 Å². The Bertz CT molecular complexity index is 884. The standard InChI is InChI=1S/C18H20N6OS/c25-18(12-26-11-14-4-2-1-3-5-14)20-15-8-9-23(10-15)17-7-6-16-21-19-13-24(16)22-17/h1-7,13,15H,8-12H2,(H,20,25)/t15-/m1/s1.